The van der Waals surface area contributed by atoms with Crippen LogP contribution in [0.5, 0.6) is 11.5 Å². The lowest BCUT2D eigenvalue weighted by molar-refractivity contribution is -0.0591. The fourth-order valence-electron chi connectivity index (χ4n) is 5.70. The van der Waals surface area contributed by atoms with Gasteiger partial charge in [-0.05, 0) is 74.6 Å². The van der Waals surface area contributed by atoms with Crippen molar-refractivity contribution in [3.8, 4) is 11.5 Å². The molecule has 1 aromatic rings. The van der Waals surface area contributed by atoms with Crippen LogP contribution in [-0.4, -0.2) is 43.9 Å². The Kier molecular flexibility index (Phi) is 3.90. The highest BCUT2D eigenvalue weighted by molar-refractivity contribution is 5.40. The zero-order chi connectivity index (χ0) is 15.9. The number of hydrogen-bond donors (Lipinski definition) is 1. The smallest absolute Gasteiger partial charge is 0.187 e. The minimum atomic E-state index is 0.0852. The summed E-state index contributed by atoms with van der Waals surface area (Å²) in [5, 5.41) is 3.64. The number of ether oxygens (including phenoxy) is 2. The third-order valence-corrected chi connectivity index (χ3v) is 6.74. The van der Waals surface area contributed by atoms with Gasteiger partial charge in [-0.3, -0.25) is 4.90 Å². The van der Waals surface area contributed by atoms with Crippen molar-refractivity contribution in [1.82, 2.24) is 10.2 Å². The van der Waals surface area contributed by atoms with Gasteiger partial charge in [0.2, 0.25) is 0 Å². The number of fused-ring (bicyclic) bond motifs is 3. The summed E-state index contributed by atoms with van der Waals surface area (Å²) in [6.45, 7) is 5.48. The van der Waals surface area contributed by atoms with Crippen molar-refractivity contribution in [2.24, 2.45) is 23.7 Å². The maximum atomic E-state index is 6.26. The molecule has 24 heavy (non-hydrogen) atoms. The zero-order valence-corrected chi connectivity index (χ0v) is 14.3. The molecule has 4 heteroatoms. The first-order chi connectivity index (χ1) is 11.9. The van der Waals surface area contributed by atoms with Gasteiger partial charge in [-0.1, -0.05) is 12.1 Å². The van der Waals surface area contributed by atoms with Crippen LogP contribution in [0.15, 0.2) is 24.3 Å². The summed E-state index contributed by atoms with van der Waals surface area (Å²) in [4.78, 5) is 2.55. The molecule has 0 amide bonds. The number of piperidine rings is 2. The van der Waals surface area contributed by atoms with Gasteiger partial charge in [-0.25, -0.2) is 0 Å². The van der Waals surface area contributed by atoms with E-state index in [4.69, 9.17) is 9.47 Å². The van der Waals surface area contributed by atoms with Crippen LogP contribution in [0.4, 0.5) is 0 Å². The van der Waals surface area contributed by atoms with E-state index in [0.29, 0.717) is 6.61 Å². The number of likely N-dealkylation sites (tertiary alicyclic amines) is 1. The molecule has 2 saturated heterocycles. The summed E-state index contributed by atoms with van der Waals surface area (Å²) >= 11 is 0. The molecule has 4 aliphatic rings. The van der Waals surface area contributed by atoms with Gasteiger partial charge in [0.05, 0.1) is 0 Å². The lowest BCUT2D eigenvalue weighted by atomic mass is 9.73. The first-order valence-electron chi connectivity index (χ1n) is 9.72. The Bertz CT molecular complexity index is 577. The molecule has 4 atom stereocenters. The second kappa shape index (κ2) is 6.23. The number of nitrogens with zero attached hydrogens (tertiary/aromatic N) is 1. The third-order valence-electron chi connectivity index (χ3n) is 6.74. The molecule has 0 aromatic heterocycles. The predicted molar refractivity (Wildman–Crippen MR) is 93.2 cm³/mol. The monoisotopic (exact) mass is 328 g/mol. The molecule has 1 saturated carbocycles. The molecule has 3 heterocycles. The summed E-state index contributed by atoms with van der Waals surface area (Å²) in [6.07, 6.45) is 5.67. The molecule has 3 aliphatic heterocycles. The molecule has 0 radical (unpaired) electrons. The molecule has 0 spiro atoms. The third kappa shape index (κ3) is 2.60. The van der Waals surface area contributed by atoms with Crippen molar-refractivity contribution in [3.63, 3.8) is 0 Å². The molecule has 1 aliphatic carbocycles. The van der Waals surface area contributed by atoms with E-state index in [1.165, 1.54) is 45.3 Å². The summed E-state index contributed by atoms with van der Waals surface area (Å²) in [7, 11) is 0. The molecule has 4 nitrogen and oxygen atoms in total. The summed E-state index contributed by atoms with van der Waals surface area (Å²) in [6, 6.07) is 8.05. The van der Waals surface area contributed by atoms with Crippen molar-refractivity contribution in [2.45, 2.75) is 31.9 Å². The molecule has 130 valence electrons. The first kappa shape index (κ1) is 15.0. The highest BCUT2D eigenvalue weighted by Crippen LogP contribution is 2.46. The number of rotatable bonds is 2. The lowest BCUT2D eigenvalue weighted by Gasteiger charge is -2.44. The van der Waals surface area contributed by atoms with Crippen LogP contribution in [0.1, 0.15) is 25.7 Å². The molecule has 4 unspecified atom stereocenters. The molecule has 1 aromatic carbocycles. The van der Waals surface area contributed by atoms with E-state index >= 15 is 0 Å². The highest BCUT2D eigenvalue weighted by Gasteiger charge is 2.44. The van der Waals surface area contributed by atoms with Crippen molar-refractivity contribution < 1.29 is 9.47 Å². The van der Waals surface area contributed by atoms with Gasteiger partial charge in [0.15, 0.2) is 17.7 Å². The Labute approximate surface area is 144 Å². The van der Waals surface area contributed by atoms with E-state index in [9.17, 15) is 0 Å². The first-order valence-corrected chi connectivity index (χ1v) is 9.72. The highest BCUT2D eigenvalue weighted by atomic mass is 16.6. The lowest BCUT2D eigenvalue weighted by Crippen LogP contribution is -2.53. The van der Waals surface area contributed by atoms with Crippen molar-refractivity contribution in [3.05, 3.63) is 24.3 Å². The van der Waals surface area contributed by atoms with E-state index in [2.05, 4.69) is 10.2 Å². The van der Waals surface area contributed by atoms with Gasteiger partial charge in [0, 0.05) is 13.1 Å². The maximum absolute atomic E-state index is 6.26. The quantitative estimate of drug-likeness (QED) is 0.905. The van der Waals surface area contributed by atoms with Crippen LogP contribution < -0.4 is 14.8 Å². The second-order valence-electron chi connectivity index (χ2n) is 8.06. The summed E-state index contributed by atoms with van der Waals surface area (Å²) < 4.78 is 12.2. The largest absolute Gasteiger partial charge is 0.484 e. The van der Waals surface area contributed by atoms with E-state index < -0.39 is 0 Å². The normalized spacial score (nSPS) is 38.9. The van der Waals surface area contributed by atoms with Crippen LogP contribution in [-0.2, 0) is 0 Å². The summed E-state index contributed by atoms with van der Waals surface area (Å²) in [5.74, 6) is 5.40. The summed E-state index contributed by atoms with van der Waals surface area (Å²) in [5.41, 5.74) is 0. The van der Waals surface area contributed by atoms with E-state index in [1.807, 2.05) is 24.3 Å². The Balaban J connectivity index is 1.28. The SMILES string of the molecule is c1ccc2c(c1)OCC(N1CCCC(C3C4CCC3CNC4)C1)O2. The van der Waals surface area contributed by atoms with Gasteiger partial charge in [-0.2, -0.15) is 0 Å². The zero-order valence-electron chi connectivity index (χ0n) is 14.3. The van der Waals surface area contributed by atoms with Gasteiger partial charge in [0.25, 0.3) is 0 Å². The Hall–Kier alpha value is -1.26. The van der Waals surface area contributed by atoms with Gasteiger partial charge in [-0.15, -0.1) is 0 Å². The number of benzene rings is 1. The fraction of sp³-hybridized carbons (Fsp3) is 0.700. The predicted octanol–water partition coefficient (Wildman–Crippen LogP) is 2.74. The average Bonchev–Trinajstić information content (AvgIpc) is 2.90. The van der Waals surface area contributed by atoms with E-state index in [0.717, 1.165) is 41.7 Å². The Morgan fingerprint density at radius 1 is 0.958 bits per heavy atom. The average molecular weight is 328 g/mol. The Morgan fingerprint density at radius 2 is 1.75 bits per heavy atom. The molecule has 2 bridgehead atoms. The van der Waals surface area contributed by atoms with Crippen LogP contribution in [0.3, 0.4) is 0 Å². The van der Waals surface area contributed by atoms with Gasteiger partial charge < -0.3 is 14.8 Å². The molecular weight excluding hydrogens is 300 g/mol. The molecular formula is C20H28N2O2. The molecule has 5 rings (SSSR count). The van der Waals surface area contributed by atoms with Crippen LogP contribution in [0.25, 0.3) is 0 Å². The van der Waals surface area contributed by atoms with E-state index in [1.54, 1.807) is 0 Å². The van der Waals surface area contributed by atoms with Crippen LogP contribution in [0, 0.1) is 23.7 Å². The second-order valence-corrected chi connectivity index (χ2v) is 8.06. The van der Waals surface area contributed by atoms with Crippen LogP contribution in [0.2, 0.25) is 0 Å². The van der Waals surface area contributed by atoms with Crippen LogP contribution >= 0.6 is 0 Å². The maximum Gasteiger partial charge on any atom is 0.187 e. The van der Waals surface area contributed by atoms with Gasteiger partial charge in [0.1, 0.15) is 6.61 Å². The number of hydrogen-bond acceptors (Lipinski definition) is 4. The Morgan fingerprint density at radius 3 is 2.58 bits per heavy atom. The number of para-hydroxylation sites is 2. The minimum absolute atomic E-state index is 0.0852. The standard InChI is InChI=1S/C20H28N2O2/c1-2-6-18-17(5-1)23-13-19(24-18)22-9-3-4-16(12-22)20-14-7-8-15(20)11-21-10-14/h1-2,5-6,14-16,19-21H,3-4,7-13H2. The van der Waals surface area contributed by atoms with Gasteiger partial charge >= 0.3 is 0 Å². The van der Waals surface area contributed by atoms with Crippen molar-refractivity contribution in [1.29, 1.82) is 0 Å². The molecule has 3 fully saturated rings. The van der Waals surface area contributed by atoms with E-state index in [-0.39, 0.29) is 6.23 Å². The van der Waals surface area contributed by atoms with Crippen molar-refractivity contribution >= 4 is 0 Å². The topological polar surface area (TPSA) is 33.7 Å². The fourth-order valence-corrected chi connectivity index (χ4v) is 5.70. The minimum Gasteiger partial charge on any atom is -0.484 e. The van der Waals surface area contributed by atoms with Crippen molar-refractivity contribution in [2.75, 3.05) is 32.8 Å². The number of nitrogens with one attached hydrogen (secondary N) is 1. The molecule has 1 N–H and O–H groups in total.